The molecule has 0 aliphatic heterocycles. The van der Waals surface area contributed by atoms with Gasteiger partial charge < -0.3 is 4.52 Å². The van der Waals surface area contributed by atoms with Gasteiger partial charge in [-0.1, -0.05) is 47.9 Å². The monoisotopic (exact) mass is 460 g/mol. The van der Waals surface area contributed by atoms with Crippen LogP contribution in [0, 0.1) is 0 Å². The fourth-order valence-corrected chi connectivity index (χ4v) is 4.55. The molecule has 10 heteroatoms. The molecule has 30 heavy (non-hydrogen) atoms. The highest BCUT2D eigenvalue weighted by Crippen LogP contribution is 2.25. The number of thiazole rings is 1. The lowest BCUT2D eigenvalue weighted by atomic mass is 10.1. The van der Waals surface area contributed by atoms with Gasteiger partial charge in [-0.3, -0.25) is 0 Å². The lowest BCUT2D eigenvalue weighted by Gasteiger charge is -2.04. The van der Waals surface area contributed by atoms with Gasteiger partial charge in [0.1, 0.15) is 0 Å². The highest BCUT2D eigenvalue weighted by Gasteiger charge is 2.16. The first-order valence-corrected chi connectivity index (χ1v) is 11.8. The van der Waals surface area contributed by atoms with Crippen molar-refractivity contribution >= 4 is 33.0 Å². The van der Waals surface area contributed by atoms with Crippen molar-refractivity contribution in [3.63, 3.8) is 0 Å². The van der Waals surface area contributed by atoms with Crippen LogP contribution < -0.4 is 4.72 Å². The van der Waals surface area contributed by atoms with Crippen LogP contribution in [0.3, 0.4) is 0 Å². The number of rotatable bonds is 7. The first kappa shape index (κ1) is 20.7. The molecule has 0 amide bonds. The Hall–Kier alpha value is -2.59. The van der Waals surface area contributed by atoms with Crippen molar-refractivity contribution in [1.29, 1.82) is 0 Å². The summed E-state index contributed by atoms with van der Waals surface area (Å²) >= 11 is 7.44. The first-order valence-electron chi connectivity index (χ1n) is 9.07. The SMILES string of the molecule is CCc1nc(-c2ccc(-c3noc(CNS(=O)(=O)c4ccc(Cl)cc4)n3)cc2)cs1. The first-order chi connectivity index (χ1) is 14.4. The second-order valence-electron chi connectivity index (χ2n) is 6.35. The van der Waals surface area contributed by atoms with Gasteiger partial charge in [-0.15, -0.1) is 11.3 Å². The van der Waals surface area contributed by atoms with Crippen molar-refractivity contribution in [2.24, 2.45) is 0 Å². The second kappa shape index (κ2) is 8.65. The Labute approximate surface area is 182 Å². The van der Waals surface area contributed by atoms with Gasteiger partial charge in [0.15, 0.2) is 0 Å². The minimum atomic E-state index is -3.71. The van der Waals surface area contributed by atoms with E-state index in [4.69, 9.17) is 16.1 Å². The minimum Gasteiger partial charge on any atom is -0.338 e. The lowest BCUT2D eigenvalue weighted by Crippen LogP contribution is -2.23. The van der Waals surface area contributed by atoms with Crippen LogP contribution >= 0.6 is 22.9 Å². The molecule has 0 aliphatic rings. The number of sulfonamides is 1. The van der Waals surface area contributed by atoms with Crippen molar-refractivity contribution < 1.29 is 12.9 Å². The van der Waals surface area contributed by atoms with Gasteiger partial charge in [0.05, 0.1) is 22.1 Å². The molecule has 0 saturated heterocycles. The summed E-state index contributed by atoms with van der Waals surface area (Å²) in [5.74, 6) is 0.550. The molecule has 4 rings (SSSR count). The predicted molar refractivity (Wildman–Crippen MR) is 116 cm³/mol. The molecule has 2 aromatic heterocycles. The molecular formula is C20H17ClN4O3S2. The summed E-state index contributed by atoms with van der Waals surface area (Å²) in [6, 6.07) is 13.5. The van der Waals surface area contributed by atoms with Crippen molar-refractivity contribution in [2.75, 3.05) is 0 Å². The van der Waals surface area contributed by atoms with Crippen molar-refractivity contribution in [3.05, 3.63) is 69.8 Å². The Balaban J connectivity index is 1.44. The van der Waals surface area contributed by atoms with E-state index in [-0.39, 0.29) is 17.3 Å². The number of aromatic nitrogens is 3. The van der Waals surface area contributed by atoms with Crippen LogP contribution in [0.25, 0.3) is 22.6 Å². The molecule has 1 N–H and O–H groups in total. The average Bonchev–Trinajstić information content (AvgIpc) is 3.43. The number of aryl methyl sites for hydroxylation is 1. The van der Waals surface area contributed by atoms with Gasteiger partial charge in [0, 0.05) is 21.5 Å². The van der Waals surface area contributed by atoms with Crippen LogP contribution in [0.1, 0.15) is 17.8 Å². The van der Waals surface area contributed by atoms with Crippen molar-refractivity contribution in [2.45, 2.75) is 24.8 Å². The Bertz CT molecular complexity index is 1250. The summed E-state index contributed by atoms with van der Waals surface area (Å²) in [4.78, 5) is 8.96. The van der Waals surface area contributed by atoms with Gasteiger partial charge in [-0.05, 0) is 30.7 Å². The normalized spacial score (nSPS) is 11.7. The largest absolute Gasteiger partial charge is 0.338 e. The van der Waals surface area contributed by atoms with E-state index in [1.54, 1.807) is 11.3 Å². The lowest BCUT2D eigenvalue weighted by molar-refractivity contribution is 0.376. The van der Waals surface area contributed by atoms with E-state index in [2.05, 4.69) is 26.8 Å². The smallest absolute Gasteiger partial charge is 0.242 e. The fourth-order valence-electron chi connectivity index (χ4n) is 2.69. The van der Waals surface area contributed by atoms with E-state index in [0.29, 0.717) is 10.8 Å². The molecule has 0 aliphatic carbocycles. The van der Waals surface area contributed by atoms with Gasteiger partial charge in [-0.25, -0.2) is 18.1 Å². The maximum Gasteiger partial charge on any atom is 0.242 e. The molecule has 0 unspecified atom stereocenters. The number of hydrogen-bond donors (Lipinski definition) is 1. The van der Waals surface area contributed by atoms with Crippen LogP contribution in [0.15, 0.2) is 63.3 Å². The molecule has 0 fully saturated rings. The van der Waals surface area contributed by atoms with Gasteiger partial charge in [0.2, 0.25) is 21.7 Å². The molecule has 2 aromatic carbocycles. The molecule has 154 valence electrons. The van der Waals surface area contributed by atoms with Crippen molar-refractivity contribution in [3.8, 4) is 22.6 Å². The van der Waals surface area contributed by atoms with Crippen LogP contribution in [-0.4, -0.2) is 23.5 Å². The summed E-state index contributed by atoms with van der Waals surface area (Å²) < 4.78 is 32.3. The third-order valence-electron chi connectivity index (χ3n) is 4.30. The summed E-state index contributed by atoms with van der Waals surface area (Å²) in [5, 5.41) is 7.53. The molecule has 0 saturated carbocycles. The zero-order valence-electron chi connectivity index (χ0n) is 15.9. The zero-order valence-corrected chi connectivity index (χ0v) is 18.3. The second-order valence-corrected chi connectivity index (χ2v) is 9.49. The van der Waals surface area contributed by atoms with Gasteiger partial charge in [0.25, 0.3) is 0 Å². The molecule has 0 bridgehead atoms. The third kappa shape index (κ3) is 4.59. The average molecular weight is 461 g/mol. The summed E-state index contributed by atoms with van der Waals surface area (Å²) in [7, 11) is -3.71. The van der Waals surface area contributed by atoms with Crippen LogP contribution in [0.2, 0.25) is 5.02 Å². The number of hydrogen-bond acceptors (Lipinski definition) is 7. The molecule has 0 spiro atoms. The topological polar surface area (TPSA) is 98.0 Å². The Morgan fingerprint density at radius 1 is 1.03 bits per heavy atom. The molecule has 0 radical (unpaired) electrons. The zero-order chi connectivity index (χ0) is 21.1. The molecular weight excluding hydrogens is 444 g/mol. The summed E-state index contributed by atoms with van der Waals surface area (Å²) in [5.41, 5.74) is 2.71. The van der Waals surface area contributed by atoms with E-state index >= 15 is 0 Å². The Morgan fingerprint density at radius 2 is 1.73 bits per heavy atom. The maximum absolute atomic E-state index is 12.3. The number of benzene rings is 2. The summed E-state index contributed by atoms with van der Waals surface area (Å²) in [6.45, 7) is 1.96. The number of halogens is 1. The highest BCUT2D eigenvalue weighted by atomic mass is 35.5. The number of nitrogens with zero attached hydrogens (tertiary/aromatic N) is 3. The van der Waals surface area contributed by atoms with Crippen LogP contribution in [0.4, 0.5) is 0 Å². The maximum atomic E-state index is 12.3. The standard InChI is InChI=1S/C20H17ClN4O3S2/c1-2-19-23-17(12-29-19)13-3-5-14(6-4-13)20-24-18(28-25-20)11-22-30(26,27)16-9-7-15(21)8-10-16/h3-10,12,22H,2,11H2,1H3. The molecule has 7 nitrogen and oxygen atoms in total. The van der Waals surface area contributed by atoms with E-state index < -0.39 is 10.0 Å². The van der Waals surface area contributed by atoms with E-state index in [0.717, 1.165) is 28.2 Å². The highest BCUT2D eigenvalue weighted by molar-refractivity contribution is 7.89. The molecule has 4 aromatic rings. The van der Waals surface area contributed by atoms with Crippen LogP contribution in [0.5, 0.6) is 0 Å². The fraction of sp³-hybridized carbons (Fsp3) is 0.150. The third-order valence-corrected chi connectivity index (χ3v) is 6.96. The van der Waals surface area contributed by atoms with Crippen molar-refractivity contribution in [1.82, 2.24) is 19.8 Å². The summed E-state index contributed by atoms with van der Waals surface area (Å²) in [6.07, 6.45) is 0.913. The predicted octanol–water partition coefficient (Wildman–Crippen LogP) is 4.55. The quantitative estimate of drug-likeness (QED) is 0.434. The Morgan fingerprint density at radius 3 is 2.40 bits per heavy atom. The van der Waals surface area contributed by atoms with E-state index in [1.165, 1.54) is 24.3 Å². The van der Waals surface area contributed by atoms with Gasteiger partial charge in [-0.2, -0.15) is 4.98 Å². The minimum absolute atomic E-state index is 0.107. The molecule has 0 atom stereocenters. The van der Waals surface area contributed by atoms with Gasteiger partial charge >= 0.3 is 0 Å². The van der Waals surface area contributed by atoms with E-state index in [1.807, 2.05) is 29.6 Å². The number of nitrogens with one attached hydrogen (secondary N) is 1. The van der Waals surface area contributed by atoms with Crippen LogP contribution in [-0.2, 0) is 23.0 Å². The van der Waals surface area contributed by atoms with E-state index in [9.17, 15) is 8.42 Å². The Kier molecular flexibility index (Phi) is 5.96. The molecule has 2 heterocycles.